The molecule has 0 bridgehead atoms. The van der Waals surface area contributed by atoms with Gasteiger partial charge in [0.05, 0.1) is 11.2 Å². The molecule has 0 spiro atoms. The SMILES string of the molecule is CC(=NO)c1cscn1. The lowest BCUT2D eigenvalue weighted by Gasteiger charge is -1.85. The minimum absolute atomic E-state index is 0.552. The van der Waals surface area contributed by atoms with E-state index in [-0.39, 0.29) is 0 Å². The van der Waals surface area contributed by atoms with Crippen molar-refractivity contribution in [1.29, 1.82) is 0 Å². The van der Waals surface area contributed by atoms with Gasteiger partial charge in [-0.1, -0.05) is 5.16 Å². The lowest BCUT2D eigenvalue weighted by Crippen LogP contribution is -1.92. The van der Waals surface area contributed by atoms with Gasteiger partial charge >= 0.3 is 0 Å². The summed E-state index contributed by atoms with van der Waals surface area (Å²) in [7, 11) is 0. The Bertz CT molecular complexity index is 205. The van der Waals surface area contributed by atoms with Crippen LogP contribution in [-0.4, -0.2) is 15.9 Å². The summed E-state index contributed by atoms with van der Waals surface area (Å²) in [6.07, 6.45) is 0. The van der Waals surface area contributed by atoms with Crippen molar-refractivity contribution < 1.29 is 5.21 Å². The topological polar surface area (TPSA) is 45.5 Å². The fraction of sp³-hybridized carbons (Fsp3) is 0.200. The van der Waals surface area contributed by atoms with Gasteiger partial charge in [-0.15, -0.1) is 11.3 Å². The number of nitrogens with zero attached hydrogens (tertiary/aromatic N) is 2. The maximum Gasteiger partial charge on any atom is 0.103 e. The average Bonchev–Trinajstić information content (AvgIpc) is 2.37. The lowest BCUT2D eigenvalue weighted by molar-refractivity contribution is 0.319. The summed E-state index contributed by atoms with van der Waals surface area (Å²) in [5.74, 6) is 0. The first kappa shape index (κ1) is 6.22. The Balaban J connectivity index is 2.90. The fourth-order valence-electron chi connectivity index (χ4n) is 0.442. The van der Waals surface area contributed by atoms with E-state index in [1.807, 2.05) is 5.38 Å². The Labute approximate surface area is 56.7 Å². The molecule has 1 aromatic rings. The summed E-state index contributed by atoms with van der Waals surface area (Å²) in [5, 5.41) is 13.1. The van der Waals surface area contributed by atoms with E-state index in [0.29, 0.717) is 5.71 Å². The summed E-state index contributed by atoms with van der Waals surface area (Å²) in [6.45, 7) is 1.70. The highest BCUT2D eigenvalue weighted by Crippen LogP contribution is 2.01. The van der Waals surface area contributed by atoms with E-state index >= 15 is 0 Å². The van der Waals surface area contributed by atoms with Crippen LogP contribution < -0.4 is 0 Å². The highest BCUT2D eigenvalue weighted by molar-refractivity contribution is 7.07. The van der Waals surface area contributed by atoms with Gasteiger partial charge in [0.2, 0.25) is 0 Å². The Kier molecular flexibility index (Phi) is 1.79. The molecule has 0 fully saturated rings. The van der Waals surface area contributed by atoms with Crippen molar-refractivity contribution in [2.24, 2.45) is 5.16 Å². The Morgan fingerprint density at radius 3 is 3.11 bits per heavy atom. The average molecular weight is 142 g/mol. The lowest BCUT2D eigenvalue weighted by atomic mass is 10.3. The highest BCUT2D eigenvalue weighted by atomic mass is 32.1. The van der Waals surface area contributed by atoms with E-state index in [1.165, 1.54) is 11.3 Å². The smallest absolute Gasteiger partial charge is 0.103 e. The predicted octanol–water partition coefficient (Wildman–Crippen LogP) is 1.34. The van der Waals surface area contributed by atoms with E-state index in [4.69, 9.17) is 5.21 Å². The van der Waals surface area contributed by atoms with E-state index in [2.05, 4.69) is 10.1 Å². The van der Waals surface area contributed by atoms with Crippen molar-refractivity contribution in [2.75, 3.05) is 0 Å². The minimum atomic E-state index is 0.552. The van der Waals surface area contributed by atoms with Crippen LogP contribution >= 0.6 is 11.3 Å². The van der Waals surface area contributed by atoms with E-state index in [0.717, 1.165) is 5.69 Å². The summed E-state index contributed by atoms with van der Waals surface area (Å²) in [5.41, 5.74) is 2.99. The first-order valence-electron chi connectivity index (χ1n) is 2.42. The second-order valence-corrected chi connectivity index (χ2v) is 2.28. The molecule has 0 aliphatic rings. The van der Waals surface area contributed by atoms with Gasteiger partial charge < -0.3 is 5.21 Å². The number of aromatic nitrogens is 1. The van der Waals surface area contributed by atoms with Crippen LogP contribution in [0.2, 0.25) is 0 Å². The summed E-state index contributed by atoms with van der Waals surface area (Å²) in [4.78, 5) is 3.91. The summed E-state index contributed by atoms with van der Waals surface area (Å²) < 4.78 is 0. The van der Waals surface area contributed by atoms with Crippen molar-refractivity contribution in [3.05, 3.63) is 16.6 Å². The molecule has 4 heteroatoms. The molecule has 0 aliphatic carbocycles. The van der Waals surface area contributed by atoms with Crippen LogP contribution in [0.5, 0.6) is 0 Å². The summed E-state index contributed by atoms with van der Waals surface area (Å²) in [6, 6.07) is 0. The number of hydrogen-bond acceptors (Lipinski definition) is 4. The largest absolute Gasteiger partial charge is 0.411 e. The highest BCUT2D eigenvalue weighted by Gasteiger charge is 1.96. The van der Waals surface area contributed by atoms with Gasteiger partial charge in [0, 0.05) is 5.38 Å². The maximum absolute atomic E-state index is 8.26. The Morgan fingerprint density at radius 2 is 2.67 bits per heavy atom. The molecule has 0 amide bonds. The standard InChI is InChI=1S/C5H6N2OS/c1-4(7-8)5-2-9-3-6-5/h2-3,8H,1H3. The van der Waals surface area contributed by atoms with Crippen LogP contribution in [0.3, 0.4) is 0 Å². The van der Waals surface area contributed by atoms with Crippen molar-refractivity contribution in [2.45, 2.75) is 6.92 Å². The van der Waals surface area contributed by atoms with E-state index < -0.39 is 0 Å². The third-order valence-electron chi connectivity index (χ3n) is 0.953. The molecule has 1 N–H and O–H groups in total. The van der Waals surface area contributed by atoms with Crippen molar-refractivity contribution in [3.63, 3.8) is 0 Å². The second kappa shape index (κ2) is 2.59. The minimum Gasteiger partial charge on any atom is -0.411 e. The molecule has 1 aromatic heterocycles. The number of rotatable bonds is 1. The molecule has 0 atom stereocenters. The van der Waals surface area contributed by atoms with Gasteiger partial charge in [-0.05, 0) is 6.92 Å². The monoisotopic (exact) mass is 142 g/mol. The number of oxime groups is 1. The first-order valence-corrected chi connectivity index (χ1v) is 3.36. The van der Waals surface area contributed by atoms with Gasteiger partial charge in [-0.25, -0.2) is 4.98 Å². The molecule has 0 aromatic carbocycles. The quantitative estimate of drug-likeness (QED) is 0.365. The predicted molar refractivity (Wildman–Crippen MR) is 36.1 cm³/mol. The molecule has 3 nitrogen and oxygen atoms in total. The van der Waals surface area contributed by atoms with Gasteiger partial charge in [0.1, 0.15) is 5.71 Å². The molecular formula is C5H6N2OS. The number of thiazole rings is 1. The molecule has 1 heterocycles. The van der Waals surface area contributed by atoms with Gasteiger partial charge in [0.15, 0.2) is 0 Å². The van der Waals surface area contributed by atoms with Gasteiger partial charge in [0.25, 0.3) is 0 Å². The molecule has 0 unspecified atom stereocenters. The number of hydrogen-bond donors (Lipinski definition) is 1. The first-order chi connectivity index (χ1) is 4.34. The van der Waals surface area contributed by atoms with Crippen LogP contribution in [0.1, 0.15) is 12.6 Å². The Morgan fingerprint density at radius 1 is 1.89 bits per heavy atom. The zero-order chi connectivity index (χ0) is 6.69. The normalized spacial score (nSPS) is 11.9. The van der Waals surface area contributed by atoms with Crippen LogP contribution in [-0.2, 0) is 0 Å². The van der Waals surface area contributed by atoms with Crippen LogP contribution in [0.15, 0.2) is 16.0 Å². The second-order valence-electron chi connectivity index (χ2n) is 1.56. The molecule has 1 rings (SSSR count). The zero-order valence-corrected chi connectivity index (χ0v) is 5.72. The molecule has 0 saturated carbocycles. The molecule has 0 saturated heterocycles. The fourth-order valence-corrected chi connectivity index (χ4v) is 1.04. The van der Waals surface area contributed by atoms with E-state index in [9.17, 15) is 0 Å². The molecule has 9 heavy (non-hydrogen) atoms. The third-order valence-corrected chi connectivity index (χ3v) is 1.54. The third kappa shape index (κ3) is 1.26. The van der Waals surface area contributed by atoms with Crippen LogP contribution in [0.4, 0.5) is 0 Å². The van der Waals surface area contributed by atoms with Crippen molar-refractivity contribution in [3.8, 4) is 0 Å². The summed E-state index contributed by atoms with van der Waals surface area (Å²) >= 11 is 1.48. The van der Waals surface area contributed by atoms with Crippen molar-refractivity contribution >= 4 is 17.0 Å². The molecule has 48 valence electrons. The van der Waals surface area contributed by atoms with E-state index in [1.54, 1.807) is 12.4 Å². The molecule has 0 aliphatic heterocycles. The maximum atomic E-state index is 8.26. The van der Waals surface area contributed by atoms with Gasteiger partial charge in [-0.2, -0.15) is 0 Å². The van der Waals surface area contributed by atoms with Crippen LogP contribution in [0.25, 0.3) is 0 Å². The van der Waals surface area contributed by atoms with Crippen molar-refractivity contribution in [1.82, 2.24) is 4.98 Å². The molecular weight excluding hydrogens is 136 g/mol. The molecule has 0 radical (unpaired) electrons. The van der Waals surface area contributed by atoms with Crippen LogP contribution in [0, 0.1) is 0 Å². The Hall–Kier alpha value is -0.900. The zero-order valence-electron chi connectivity index (χ0n) is 4.90. The van der Waals surface area contributed by atoms with Gasteiger partial charge in [-0.3, -0.25) is 0 Å².